The summed E-state index contributed by atoms with van der Waals surface area (Å²) in [5.41, 5.74) is 6.99. The SMILES string of the molecule is C#Cc1cc(N)cc(C2Cc3nc(OCC45CCCN4CCC5)nc(N4CCCn5nc(C(=O)NC)c(Br)c5C4)c3CO2)c1C(F)(F)F. The lowest BCUT2D eigenvalue weighted by atomic mass is 9.91. The summed E-state index contributed by atoms with van der Waals surface area (Å²) in [6, 6.07) is 2.61. The van der Waals surface area contributed by atoms with Gasteiger partial charge in [0.25, 0.3) is 5.91 Å². The lowest BCUT2D eigenvalue weighted by molar-refractivity contribution is -0.140. The number of halogens is 4. The first-order valence-corrected chi connectivity index (χ1v) is 16.9. The molecule has 0 bridgehead atoms. The van der Waals surface area contributed by atoms with Gasteiger partial charge in [-0.3, -0.25) is 14.4 Å². The first-order valence-electron chi connectivity index (χ1n) is 16.1. The Bertz CT molecular complexity index is 1800. The Kier molecular flexibility index (Phi) is 8.53. The lowest BCUT2D eigenvalue weighted by Gasteiger charge is -2.33. The predicted octanol–water partition coefficient (Wildman–Crippen LogP) is 4.61. The molecule has 2 saturated heterocycles. The molecule has 3 N–H and O–H groups in total. The van der Waals surface area contributed by atoms with Crippen molar-refractivity contribution < 1.29 is 27.4 Å². The molecule has 1 aromatic carbocycles. The molecule has 1 atom stereocenters. The third kappa shape index (κ3) is 5.77. The van der Waals surface area contributed by atoms with Crippen molar-refractivity contribution in [2.75, 3.05) is 43.9 Å². The van der Waals surface area contributed by atoms with Gasteiger partial charge in [-0.15, -0.1) is 6.42 Å². The van der Waals surface area contributed by atoms with Gasteiger partial charge in [0.05, 0.1) is 46.2 Å². The first kappa shape index (κ1) is 32.7. The monoisotopic (exact) mass is 728 g/mol. The van der Waals surface area contributed by atoms with Crippen LogP contribution in [-0.4, -0.2) is 69.4 Å². The fraction of sp³-hybridized carbons (Fsp3) is 0.515. The highest BCUT2D eigenvalue weighted by molar-refractivity contribution is 9.10. The van der Waals surface area contributed by atoms with Crippen LogP contribution in [0, 0.1) is 12.3 Å². The van der Waals surface area contributed by atoms with Crippen LogP contribution in [0.1, 0.15) is 82.3 Å². The van der Waals surface area contributed by atoms with E-state index in [-0.39, 0.29) is 47.3 Å². The Morgan fingerprint density at radius 2 is 1.98 bits per heavy atom. The van der Waals surface area contributed by atoms with Gasteiger partial charge in [0.1, 0.15) is 12.4 Å². The highest BCUT2D eigenvalue weighted by Gasteiger charge is 2.45. The molecule has 0 aliphatic carbocycles. The zero-order chi connectivity index (χ0) is 33.8. The zero-order valence-electron chi connectivity index (χ0n) is 26.5. The number of hydrogen-bond donors (Lipinski definition) is 2. The van der Waals surface area contributed by atoms with Crippen LogP contribution in [0.3, 0.4) is 0 Å². The molecule has 4 aliphatic heterocycles. The number of hydrogen-bond acceptors (Lipinski definition) is 9. The average molecular weight is 730 g/mol. The van der Waals surface area contributed by atoms with Gasteiger partial charge in [-0.05, 0) is 78.8 Å². The molecule has 15 heteroatoms. The van der Waals surface area contributed by atoms with Gasteiger partial charge in [0.15, 0.2) is 5.69 Å². The van der Waals surface area contributed by atoms with Crippen LogP contribution >= 0.6 is 15.9 Å². The van der Waals surface area contributed by atoms with Crippen LogP contribution in [0.5, 0.6) is 6.01 Å². The summed E-state index contributed by atoms with van der Waals surface area (Å²) in [6.07, 6.45) is 4.79. The van der Waals surface area contributed by atoms with E-state index in [2.05, 4.69) is 42.1 Å². The van der Waals surface area contributed by atoms with Crippen LogP contribution in [0.15, 0.2) is 16.6 Å². The highest BCUT2D eigenvalue weighted by Crippen LogP contribution is 2.44. The number of nitrogen functional groups attached to an aromatic ring is 1. The number of nitrogens with one attached hydrogen (secondary N) is 1. The largest absolute Gasteiger partial charge is 0.461 e. The van der Waals surface area contributed by atoms with Crippen LogP contribution in [0.4, 0.5) is 24.7 Å². The van der Waals surface area contributed by atoms with Crippen molar-refractivity contribution in [1.29, 1.82) is 0 Å². The molecule has 6 heterocycles. The molecule has 254 valence electrons. The van der Waals surface area contributed by atoms with Crippen molar-refractivity contribution in [3.63, 3.8) is 0 Å². The second-order valence-corrected chi connectivity index (χ2v) is 13.6. The van der Waals surface area contributed by atoms with Crippen molar-refractivity contribution >= 4 is 33.3 Å². The number of fused-ring (bicyclic) bond motifs is 3. The van der Waals surface area contributed by atoms with E-state index >= 15 is 0 Å². The summed E-state index contributed by atoms with van der Waals surface area (Å²) in [4.78, 5) is 26.8. The number of nitrogens with zero attached hydrogens (tertiary/aromatic N) is 6. The maximum atomic E-state index is 14.4. The summed E-state index contributed by atoms with van der Waals surface area (Å²) in [5.74, 6) is 2.43. The number of nitrogens with two attached hydrogens (primary N) is 1. The minimum Gasteiger partial charge on any atom is -0.461 e. The Morgan fingerprint density at radius 1 is 1.21 bits per heavy atom. The Morgan fingerprint density at radius 3 is 2.69 bits per heavy atom. The van der Waals surface area contributed by atoms with Crippen molar-refractivity contribution in [2.45, 2.75) is 76.0 Å². The van der Waals surface area contributed by atoms with Crippen molar-refractivity contribution in [3.05, 3.63) is 55.9 Å². The minimum atomic E-state index is -4.72. The molecule has 3 aromatic rings. The molecule has 2 fully saturated rings. The number of anilines is 2. The summed E-state index contributed by atoms with van der Waals surface area (Å²) in [6.45, 7) is 4.02. The Hall–Kier alpha value is -3.87. The number of ether oxygens (including phenoxy) is 2. The summed E-state index contributed by atoms with van der Waals surface area (Å²) < 4.78 is 58.1. The van der Waals surface area contributed by atoms with Crippen LogP contribution in [-0.2, 0) is 37.0 Å². The number of benzene rings is 1. The third-order valence-electron chi connectivity index (χ3n) is 9.99. The smallest absolute Gasteiger partial charge is 0.417 e. The summed E-state index contributed by atoms with van der Waals surface area (Å²) in [5, 5.41) is 7.17. The Balaban J connectivity index is 1.28. The van der Waals surface area contributed by atoms with E-state index in [1.54, 1.807) is 7.05 Å². The van der Waals surface area contributed by atoms with Crippen molar-refractivity contribution in [2.24, 2.45) is 0 Å². The number of aryl methyl sites for hydroxylation is 1. The highest BCUT2D eigenvalue weighted by atomic mass is 79.9. The van der Waals surface area contributed by atoms with Crippen LogP contribution in [0.2, 0.25) is 0 Å². The standard InChI is InChI=1S/C33H36BrF3N8O3/c1-3-19-13-20(38)14-21(26(19)33(35,36)37)25-15-23-22(17-47-25)29(41-31(40-23)48-18-32-7-4-10-44(32)11-5-8-32)43-9-6-12-45-24(16-43)27(34)28(42-45)30(46)39-2/h1,13-14,25H,4-12,15-18,38H2,2H3,(H,39,46). The summed E-state index contributed by atoms with van der Waals surface area (Å²) in [7, 11) is 1.55. The van der Waals surface area contributed by atoms with Gasteiger partial charge < -0.3 is 25.4 Å². The summed E-state index contributed by atoms with van der Waals surface area (Å²) >= 11 is 3.59. The molecule has 1 amide bonds. The fourth-order valence-electron chi connectivity index (χ4n) is 7.71. The number of terminal acetylenes is 1. The number of aromatic nitrogens is 4. The van der Waals surface area contributed by atoms with E-state index in [0.29, 0.717) is 59.9 Å². The molecule has 0 spiro atoms. The van der Waals surface area contributed by atoms with Gasteiger partial charge in [0, 0.05) is 43.4 Å². The average Bonchev–Trinajstić information content (AvgIpc) is 3.69. The van der Waals surface area contributed by atoms with E-state index in [0.717, 1.165) is 50.5 Å². The number of amides is 1. The van der Waals surface area contributed by atoms with Crippen molar-refractivity contribution in [3.8, 4) is 18.4 Å². The molecular weight excluding hydrogens is 693 g/mol. The zero-order valence-corrected chi connectivity index (χ0v) is 28.1. The molecule has 2 aromatic heterocycles. The molecule has 7 rings (SSSR count). The topological polar surface area (TPSA) is 124 Å². The first-order chi connectivity index (χ1) is 23.0. The molecule has 0 saturated carbocycles. The quantitative estimate of drug-likeness (QED) is 0.277. The molecular formula is C33H36BrF3N8O3. The van der Waals surface area contributed by atoms with E-state index in [4.69, 9.17) is 31.6 Å². The second kappa shape index (κ2) is 12.5. The van der Waals surface area contributed by atoms with Gasteiger partial charge in [0.2, 0.25) is 0 Å². The van der Waals surface area contributed by atoms with Gasteiger partial charge >= 0.3 is 12.2 Å². The maximum absolute atomic E-state index is 14.4. The molecule has 11 nitrogen and oxygen atoms in total. The number of carbonyl (C=O) groups is 1. The molecule has 0 radical (unpaired) electrons. The second-order valence-electron chi connectivity index (χ2n) is 12.8. The van der Waals surface area contributed by atoms with Gasteiger partial charge in [-0.2, -0.15) is 28.2 Å². The minimum absolute atomic E-state index is 0.0330. The lowest BCUT2D eigenvalue weighted by Crippen LogP contribution is -2.43. The van der Waals surface area contributed by atoms with E-state index < -0.39 is 17.8 Å². The number of alkyl halides is 3. The predicted molar refractivity (Wildman–Crippen MR) is 174 cm³/mol. The molecule has 1 unspecified atom stereocenters. The Labute approximate surface area is 284 Å². The van der Waals surface area contributed by atoms with Gasteiger partial charge in [-0.25, -0.2) is 0 Å². The van der Waals surface area contributed by atoms with Crippen molar-refractivity contribution in [1.82, 2.24) is 30.0 Å². The number of carbonyl (C=O) groups excluding carboxylic acids is 1. The van der Waals surface area contributed by atoms with E-state index in [1.165, 1.54) is 6.07 Å². The molecule has 48 heavy (non-hydrogen) atoms. The van der Waals surface area contributed by atoms with Gasteiger partial charge in [-0.1, -0.05) is 5.92 Å². The normalized spacial score (nSPS) is 20.4. The molecule has 4 aliphatic rings. The van der Waals surface area contributed by atoms with E-state index in [1.807, 2.05) is 4.68 Å². The van der Waals surface area contributed by atoms with E-state index in [9.17, 15) is 18.0 Å². The number of rotatable bonds is 6. The fourth-order valence-corrected chi connectivity index (χ4v) is 8.30. The van der Waals surface area contributed by atoms with Crippen LogP contribution in [0.25, 0.3) is 0 Å². The van der Waals surface area contributed by atoms with Crippen LogP contribution < -0.4 is 20.7 Å². The third-order valence-corrected chi connectivity index (χ3v) is 10.8. The maximum Gasteiger partial charge on any atom is 0.417 e.